The highest BCUT2D eigenvalue weighted by Crippen LogP contribution is 2.25. The van der Waals surface area contributed by atoms with Crippen molar-refractivity contribution in [2.75, 3.05) is 13.7 Å². The van der Waals surface area contributed by atoms with Crippen molar-refractivity contribution in [3.8, 4) is 0 Å². The smallest absolute Gasteiger partial charge is 0.223 e. The lowest BCUT2D eigenvalue weighted by molar-refractivity contribution is -0.123. The van der Waals surface area contributed by atoms with E-state index in [1.54, 1.807) is 12.1 Å². The van der Waals surface area contributed by atoms with Crippen LogP contribution in [0.15, 0.2) is 53.0 Å². The van der Waals surface area contributed by atoms with Gasteiger partial charge in [0.05, 0.1) is 18.6 Å². The van der Waals surface area contributed by atoms with Crippen molar-refractivity contribution in [1.29, 1.82) is 0 Å². The predicted octanol–water partition coefficient (Wildman–Crippen LogP) is 3.58. The van der Waals surface area contributed by atoms with Crippen LogP contribution in [0.25, 0.3) is 0 Å². The van der Waals surface area contributed by atoms with Gasteiger partial charge in [-0.15, -0.1) is 12.4 Å². The molecule has 0 aromatic heterocycles. The SMILES string of the molecule is COC(CN)CC(=O)NC(c1cccc(F)c1)c1cccc(Br)c1.Cl. The van der Waals surface area contributed by atoms with Crippen molar-refractivity contribution in [2.24, 2.45) is 5.73 Å². The molecule has 1 amide bonds. The highest BCUT2D eigenvalue weighted by molar-refractivity contribution is 9.10. The minimum absolute atomic E-state index is 0. The highest BCUT2D eigenvalue weighted by Gasteiger charge is 2.20. The summed E-state index contributed by atoms with van der Waals surface area (Å²) in [5, 5.41) is 2.94. The summed E-state index contributed by atoms with van der Waals surface area (Å²) in [5.41, 5.74) is 7.09. The van der Waals surface area contributed by atoms with Crippen LogP contribution in [-0.4, -0.2) is 25.7 Å². The van der Waals surface area contributed by atoms with Crippen LogP contribution in [-0.2, 0) is 9.53 Å². The van der Waals surface area contributed by atoms with Crippen LogP contribution >= 0.6 is 28.3 Å². The molecular formula is C18H21BrClFN2O2. The monoisotopic (exact) mass is 430 g/mol. The Morgan fingerprint density at radius 1 is 1.24 bits per heavy atom. The number of carbonyl (C=O) groups is 1. The summed E-state index contributed by atoms with van der Waals surface area (Å²) >= 11 is 3.42. The van der Waals surface area contributed by atoms with Gasteiger partial charge in [-0.1, -0.05) is 40.2 Å². The van der Waals surface area contributed by atoms with Crippen LogP contribution in [0.4, 0.5) is 4.39 Å². The number of nitrogens with two attached hydrogens (primary N) is 1. The second-order valence-corrected chi connectivity index (χ2v) is 6.32. The quantitative estimate of drug-likeness (QED) is 0.704. The molecule has 0 fully saturated rings. The summed E-state index contributed by atoms with van der Waals surface area (Å²) in [6.07, 6.45) is -0.201. The summed E-state index contributed by atoms with van der Waals surface area (Å²) in [6, 6.07) is 13.3. The number of nitrogens with one attached hydrogen (secondary N) is 1. The van der Waals surface area contributed by atoms with Crippen molar-refractivity contribution in [3.05, 3.63) is 69.9 Å². The molecule has 3 N–H and O–H groups in total. The number of ether oxygens (including phenoxy) is 1. The van der Waals surface area contributed by atoms with Gasteiger partial charge in [-0.3, -0.25) is 4.79 Å². The number of halogens is 3. The second-order valence-electron chi connectivity index (χ2n) is 5.41. The number of hydrogen-bond acceptors (Lipinski definition) is 3. The van der Waals surface area contributed by atoms with Gasteiger partial charge in [-0.25, -0.2) is 4.39 Å². The normalized spacial score (nSPS) is 12.8. The molecule has 0 aliphatic carbocycles. The Labute approximate surface area is 161 Å². The van der Waals surface area contributed by atoms with E-state index in [1.807, 2.05) is 24.3 Å². The third-order valence-corrected chi connectivity index (χ3v) is 4.17. The van der Waals surface area contributed by atoms with Gasteiger partial charge < -0.3 is 15.8 Å². The zero-order valence-corrected chi connectivity index (χ0v) is 16.1. The Kier molecular flexibility index (Phi) is 9.06. The van der Waals surface area contributed by atoms with E-state index in [4.69, 9.17) is 10.5 Å². The molecule has 0 aliphatic heterocycles. The molecule has 0 saturated carbocycles. The summed E-state index contributed by atoms with van der Waals surface area (Å²) in [5.74, 6) is -0.556. The maximum absolute atomic E-state index is 13.6. The largest absolute Gasteiger partial charge is 0.380 e. The predicted molar refractivity (Wildman–Crippen MR) is 102 cm³/mol. The molecule has 2 atom stereocenters. The third-order valence-electron chi connectivity index (χ3n) is 3.68. The number of hydrogen-bond donors (Lipinski definition) is 2. The van der Waals surface area contributed by atoms with Crippen molar-refractivity contribution >= 4 is 34.2 Å². The third kappa shape index (κ3) is 6.40. The number of amides is 1. The van der Waals surface area contributed by atoms with Crippen LogP contribution in [0, 0.1) is 5.82 Å². The number of methoxy groups -OCH3 is 1. The van der Waals surface area contributed by atoms with Gasteiger partial charge >= 0.3 is 0 Å². The maximum Gasteiger partial charge on any atom is 0.223 e. The van der Waals surface area contributed by atoms with E-state index in [-0.39, 0.29) is 43.2 Å². The summed E-state index contributed by atoms with van der Waals surface area (Å²) in [6.45, 7) is 0.255. The standard InChI is InChI=1S/C18H20BrFN2O2.ClH/c1-24-16(11-21)10-17(23)22-18(12-4-2-6-14(19)8-12)13-5-3-7-15(20)9-13;/h2-9,16,18H,10-11,21H2,1H3,(H,22,23);1H. The molecule has 0 radical (unpaired) electrons. The Morgan fingerprint density at radius 3 is 2.44 bits per heavy atom. The molecule has 4 nitrogen and oxygen atoms in total. The fourth-order valence-corrected chi connectivity index (χ4v) is 2.84. The van der Waals surface area contributed by atoms with Crippen molar-refractivity contribution in [1.82, 2.24) is 5.32 Å². The molecule has 0 saturated heterocycles. The lowest BCUT2D eigenvalue weighted by atomic mass is 9.98. The van der Waals surface area contributed by atoms with Gasteiger partial charge in [-0.2, -0.15) is 0 Å². The molecule has 2 aromatic carbocycles. The van der Waals surface area contributed by atoms with Crippen molar-refractivity contribution < 1.29 is 13.9 Å². The highest BCUT2D eigenvalue weighted by atomic mass is 79.9. The summed E-state index contributed by atoms with van der Waals surface area (Å²) < 4.78 is 19.7. The number of carbonyl (C=O) groups excluding carboxylic acids is 1. The van der Waals surface area contributed by atoms with Gasteiger partial charge in [-0.05, 0) is 35.4 Å². The van der Waals surface area contributed by atoms with Gasteiger partial charge in [0.25, 0.3) is 0 Å². The number of benzene rings is 2. The average Bonchev–Trinajstić information content (AvgIpc) is 2.57. The Hall–Kier alpha value is -1.47. The first kappa shape index (κ1) is 21.6. The van der Waals surface area contributed by atoms with Gasteiger partial charge in [0.1, 0.15) is 5.82 Å². The van der Waals surface area contributed by atoms with Crippen molar-refractivity contribution in [3.63, 3.8) is 0 Å². The van der Waals surface area contributed by atoms with E-state index in [0.29, 0.717) is 5.56 Å². The maximum atomic E-state index is 13.6. The molecule has 2 aromatic rings. The molecule has 136 valence electrons. The zero-order chi connectivity index (χ0) is 17.5. The van der Waals surface area contributed by atoms with Crippen molar-refractivity contribution in [2.45, 2.75) is 18.6 Å². The fourth-order valence-electron chi connectivity index (χ4n) is 2.42. The Morgan fingerprint density at radius 2 is 1.88 bits per heavy atom. The van der Waals surface area contributed by atoms with E-state index in [0.717, 1.165) is 10.0 Å². The first-order chi connectivity index (χ1) is 11.5. The summed E-state index contributed by atoms with van der Waals surface area (Å²) in [7, 11) is 1.52. The first-order valence-electron chi connectivity index (χ1n) is 7.56. The van der Waals surface area contributed by atoms with E-state index in [9.17, 15) is 9.18 Å². The van der Waals surface area contributed by atoms with Crippen LogP contribution in [0.5, 0.6) is 0 Å². The van der Waals surface area contributed by atoms with Gasteiger partial charge in [0.2, 0.25) is 5.91 Å². The Balaban J connectivity index is 0.00000312. The van der Waals surface area contributed by atoms with E-state index in [2.05, 4.69) is 21.2 Å². The molecule has 7 heteroatoms. The zero-order valence-electron chi connectivity index (χ0n) is 13.7. The van der Waals surface area contributed by atoms with E-state index < -0.39 is 6.04 Å². The Bertz CT molecular complexity index is 653. The average molecular weight is 432 g/mol. The molecule has 0 aliphatic rings. The van der Waals surface area contributed by atoms with Crippen LogP contribution in [0.3, 0.4) is 0 Å². The molecule has 2 unspecified atom stereocenters. The lowest BCUT2D eigenvalue weighted by Gasteiger charge is -2.21. The topological polar surface area (TPSA) is 64.3 Å². The first-order valence-corrected chi connectivity index (χ1v) is 8.36. The molecule has 0 spiro atoms. The molecule has 0 heterocycles. The van der Waals surface area contributed by atoms with Gasteiger partial charge in [0, 0.05) is 18.1 Å². The minimum atomic E-state index is -0.457. The van der Waals surface area contributed by atoms with E-state index in [1.165, 1.54) is 19.2 Å². The summed E-state index contributed by atoms with van der Waals surface area (Å²) in [4.78, 5) is 12.3. The van der Waals surface area contributed by atoms with Crippen LogP contribution in [0.1, 0.15) is 23.6 Å². The van der Waals surface area contributed by atoms with Gasteiger partial charge in [0.15, 0.2) is 0 Å². The lowest BCUT2D eigenvalue weighted by Crippen LogP contribution is -2.34. The number of rotatable bonds is 7. The molecule has 2 rings (SSSR count). The second kappa shape index (κ2) is 10.5. The molecule has 0 bridgehead atoms. The molecule has 25 heavy (non-hydrogen) atoms. The minimum Gasteiger partial charge on any atom is -0.380 e. The van der Waals surface area contributed by atoms with Crippen LogP contribution < -0.4 is 11.1 Å². The fraction of sp³-hybridized carbons (Fsp3) is 0.278. The van der Waals surface area contributed by atoms with E-state index >= 15 is 0 Å². The molecular weight excluding hydrogens is 411 g/mol. The van der Waals surface area contributed by atoms with Crippen LogP contribution in [0.2, 0.25) is 0 Å².